The molecule has 3 atom stereocenters. The molecule has 0 aliphatic carbocycles. The van der Waals surface area contributed by atoms with Crippen molar-refractivity contribution in [1.82, 2.24) is 40.3 Å². The van der Waals surface area contributed by atoms with Crippen LogP contribution in [0.4, 0.5) is 0 Å². The van der Waals surface area contributed by atoms with Gasteiger partial charge in [-0.25, -0.2) is 14.4 Å². The molecule has 97 heavy (non-hydrogen) atoms. The van der Waals surface area contributed by atoms with Crippen molar-refractivity contribution in [2.24, 2.45) is 0 Å². The molecule has 12 aromatic rings. The molecule has 3 fully saturated rings. The summed E-state index contributed by atoms with van der Waals surface area (Å²) in [4.78, 5) is 57.9. The summed E-state index contributed by atoms with van der Waals surface area (Å²) in [7, 11) is 0. The van der Waals surface area contributed by atoms with Gasteiger partial charge in [0, 0.05) is 155 Å². The molecule has 0 radical (unpaired) electrons. The second-order valence-corrected chi connectivity index (χ2v) is 24.6. The Labute approximate surface area is 560 Å². The number of carbonyl (C=O) groups is 3. The van der Waals surface area contributed by atoms with Gasteiger partial charge in [0.1, 0.15) is 68.0 Å². The molecular formula is C77H78N8O12. The van der Waals surface area contributed by atoms with Crippen LogP contribution in [-0.2, 0) is 9.47 Å². The highest BCUT2D eigenvalue weighted by molar-refractivity contribution is 6.19. The largest absolute Gasteiger partial charge is 0.507 e. The van der Waals surface area contributed by atoms with Crippen molar-refractivity contribution in [3.8, 4) is 17.2 Å². The zero-order valence-electron chi connectivity index (χ0n) is 54.9. The molecule has 20 heteroatoms. The van der Waals surface area contributed by atoms with Crippen molar-refractivity contribution in [1.29, 1.82) is 0 Å². The SMILES string of the molecule is CCOC(=O)c1c(C)oc2c1c(C(c1ccncc1)N1CCNCC1)c(O)c1ccccc12.CCOC(=O)c1c(C)oc2c1c(C(c1ccncc1)N1CCNCC1)c(O)c1ccccc12.Cc1oc2c(c1C(=O)O)c(C(c1ccncc1)N1CCCCC1)c(O)c1ccccc12. The average molecular weight is 1310 g/mol. The number of phenols is 3. The summed E-state index contributed by atoms with van der Waals surface area (Å²) >= 11 is 0. The first kappa shape index (κ1) is 65.4. The molecule has 0 saturated carbocycles. The molecular weight excluding hydrogens is 1230 g/mol. The number of nitrogens with one attached hydrogen (secondary N) is 2. The van der Waals surface area contributed by atoms with Gasteiger partial charge in [-0.3, -0.25) is 29.7 Å². The zero-order valence-corrected chi connectivity index (χ0v) is 54.9. The summed E-state index contributed by atoms with van der Waals surface area (Å²) in [5.74, 6) is -0.222. The Hall–Kier alpha value is -10.2. The maximum atomic E-state index is 13.1. The molecule has 6 N–H and O–H groups in total. The fourth-order valence-corrected chi connectivity index (χ4v) is 14.8. The van der Waals surface area contributed by atoms with Crippen LogP contribution in [0, 0.1) is 20.8 Å². The Balaban J connectivity index is 0.000000131. The number of hydrogen-bond acceptors (Lipinski definition) is 19. The number of phenolic OH excluding ortho intramolecular Hbond substituents is 3. The van der Waals surface area contributed by atoms with Gasteiger partial charge in [0.05, 0.1) is 31.3 Å². The van der Waals surface area contributed by atoms with Crippen molar-refractivity contribution in [3.63, 3.8) is 0 Å². The second-order valence-electron chi connectivity index (χ2n) is 24.6. The lowest BCUT2D eigenvalue weighted by Gasteiger charge is -2.36. The lowest BCUT2D eigenvalue weighted by atomic mass is 9.88. The summed E-state index contributed by atoms with van der Waals surface area (Å²) in [6.45, 7) is 17.6. The number of carboxylic acid groups (broad SMARTS) is 1. The zero-order chi connectivity index (χ0) is 67.4. The number of aromatic nitrogens is 3. The fraction of sp³-hybridized carbons (Fsp3) is 0.299. The van der Waals surface area contributed by atoms with Gasteiger partial charge in [0.2, 0.25) is 0 Å². The highest BCUT2D eigenvalue weighted by Gasteiger charge is 2.38. The number of rotatable bonds is 14. The minimum Gasteiger partial charge on any atom is -0.507 e. The predicted molar refractivity (Wildman–Crippen MR) is 372 cm³/mol. The molecule has 0 amide bonds. The number of esters is 2. The van der Waals surface area contributed by atoms with Crippen LogP contribution < -0.4 is 10.6 Å². The van der Waals surface area contributed by atoms with Crippen LogP contribution in [0.1, 0.15) is 133 Å². The third kappa shape index (κ3) is 12.4. The van der Waals surface area contributed by atoms with Crippen LogP contribution in [0.2, 0.25) is 0 Å². The molecule has 9 heterocycles. The number of likely N-dealkylation sites (tertiary alicyclic amines) is 1. The number of hydrogen-bond donors (Lipinski definition) is 6. The lowest BCUT2D eigenvalue weighted by molar-refractivity contribution is 0.0516. The van der Waals surface area contributed by atoms with E-state index in [1.165, 1.54) is 6.42 Å². The van der Waals surface area contributed by atoms with Gasteiger partial charge in [-0.15, -0.1) is 0 Å². The summed E-state index contributed by atoms with van der Waals surface area (Å²) in [6.07, 6.45) is 13.8. The third-order valence-corrected chi connectivity index (χ3v) is 19.0. The number of nitrogens with zero attached hydrogens (tertiary/aromatic N) is 6. The summed E-state index contributed by atoms with van der Waals surface area (Å²) in [5, 5.41) is 57.8. The van der Waals surface area contributed by atoms with Crippen LogP contribution in [0.5, 0.6) is 17.2 Å². The minimum atomic E-state index is -1.06. The number of benzene rings is 6. The number of aryl methyl sites for hydroxylation is 3. The quantitative estimate of drug-likeness (QED) is 0.0553. The van der Waals surface area contributed by atoms with Gasteiger partial charge < -0.3 is 53.8 Å². The van der Waals surface area contributed by atoms with Crippen molar-refractivity contribution in [2.45, 2.75) is 72.0 Å². The summed E-state index contributed by atoms with van der Waals surface area (Å²) in [6, 6.07) is 33.5. The summed E-state index contributed by atoms with van der Waals surface area (Å²) in [5.41, 5.74) is 7.43. The number of carbonyl (C=O) groups excluding carboxylic acids is 2. The van der Waals surface area contributed by atoms with E-state index in [1.807, 2.05) is 109 Å². The van der Waals surface area contributed by atoms with Crippen molar-refractivity contribution in [3.05, 3.63) is 214 Å². The van der Waals surface area contributed by atoms with Gasteiger partial charge >= 0.3 is 17.9 Å². The van der Waals surface area contributed by atoms with E-state index in [4.69, 9.17) is 22.7 Å². The number of aromatic hydroxyl groups is 3. The van der Waals surface area contributed by atoms with Crippen molar-refractivity contribution < 1.29 is 57.5 Å². The van der Waals surface area contributed by atoms with Gasteiger partial charge in [0.25, 0.3) is 0 Å². The predicted octanol–water partition coefficient (Wildman–Crippen LogP) is 13.6. The molecule has 0 spiro atoms. The van der Waals surface area contributed by atoms with E-state index in [1.54, 1.807) is 71.8 Å². The molecule has 6 aromatic carbocycles. The van der Waals surface area contributed by atoms with E-state index in [9.17, 15) is 34.8 Å². The Morgan fingerprint density at radius 3 is 1.03 bits per heavy atom. The molecule has 6 aromatic heterocycles. The first-order chi connectivity index (χ1) is 47.3. The molecule has 20 nitrogen and oxygen atoms in total. The monoisotopic (exact) mass is 1310 g/mol. The highest BCUT2D eigenvalue weighted by atomic mass is 16.5. The average Bonchev–Trinajstić information content (AvgIpc) is 1.68. The van der Waals surface area contributed by atoms with Crippen LogP contribution in [0.3, 0.4) is 0 Å². The Bertz CT molecular complexity index is 4660. The van der Waals surface area contributed by atoms with Gasteiger partial charge in [-0.1, -0.05) is 79.2 Å². The van der Waals surface area contributed by atoms with Crippen molar-refractivity contribution in [2.75, 3.05) is 78.7 Å². The third-order valence-electron chi connectivity index (χ3n) is 19.0. The highest BCUT2D eigenvalue weighted by Crippen LogP contribution is 2.51. The number of pyridine rings is 3. The van der Waals surface area contributed by atoms with Crippen LogP contribution in [0.15, 0.2) is 160 Å². The van der Waals surface area contributed by atoms with E-state index in [-0.39, 0.29) is 54.2 Å². The Morgan fingerprint density at radius 1 is 0.433 bits per heavy atom. The van der Waals surface area contributed by atoms with Gasteiger partial charge in [-0.2, -0.15) is 0 Å². The topological polar surface area (TPSA) is 262 Å². The number of piperazine rings is 2. The first-order valence-corrected chi connectivity index (χ1v) is 33.2. The lowest BCUT2D eigenvalue weighted by Crippen LogP contribution is -2.45. The van der Waals surface area contributed by atoms with E-state index >= 15 is 0 Å². The molecule has 3 aliphatic rings. The number of fused-ring (bicyclic) bond motifs is 9. The normalized spacial score (nSPS) is 15.8. The smallest absolute Gasteiger partial charge is 0.342 e. The number of furan rings is 3. The van der Waals surface area contributed by atoms with Crippen LogP contribution >= 0.6 is 0 Å². The maximum absolute atomic E-state index is 13.1. The van der Waals surface area contributed by atoms with Crippen molar-refractivity contribution >= 4 is 83.1 Å². The molecule has 3 aliphatic heterocycles. The summed E-state index contributed by atoms with van der Waals surface area (Å²) < 4.78 is 29.2. The number of ether oxygens (including phenoxy) is 2. The van der Waals surface area contributed by atoms with Crippen LogP contribution in [0.25, 0.3) is 65.2 Å². The maximum Gasteiger partial charge on any atom is 0.342 e. The second kappa shape index (κ2) is 28.6. The number of piperidine rings is 1. The molecule has 3 saturated heterocycles. The standard InChI is InChI=1S/2C26H27N3O4.C25H24N2O4/c2*1-3-32-26(31)20-16(2)33-25-19-7-5-4-6-18(19)24(30)22(21(20)25)23(17-8-10-27-11-9-17)29-14-12-28-13-15-29;1-15-19(25(29)30)20-21(23(28)17-7-3-4-8-18(17)24(20)31-15)22(16-9-11-26-12-10-16)27-13-5-2-6-14-27/h2*4-11,23,28,30H,3,12-15H2,1-2H3;3-4,7-12,22,28H,2,5-6,13-14H2,1H3,(H,29,30). The van der Waals surface area contributed by atoms with E-state index in [0.29, 0.717) is 99.6 Å². The van der Waals surface area contributed by atoms with Crippen LogP contribution in [-0.4, -0.2) is 147 Å². The van der Waals surface area contributed by atoms with Gasteiger partial charge in [0.15, 0.2) is 0 Å². The van der Waals surface area contributed by atoms with E-state index < -0.39 is 17.9 Å². The molecule has 0 bridgehead atoms. The first-order valence-electron chi connectivity index (χ1n) is 33.2. The van der Waals surface area contributed by atoms with E-state index in [0.717, 1.165) is 106 Å². The number of aromatic carboxylic acids is 1. The van der Waals surface area contributed by atoms with E-state index in [2.05, 4.69) is 40.3 Å². The molecule has 15 rings (SSSR count). The Morgan fingerprint density at radius 2 is 0.722 bits per heavy atom. The molecule has 498 valence electrons. The molecule has 3 unspecified atom stereocenters. The number of carboxylic acids is 1. The van der Waals surface area contributed by atoms with Gasteiger partial charge in [-0.05, 0) is 114 Å². The Kier molecular flexibility index (Phi) is 19.3. The fourth-order valence-electron chi connectivity index (χ4n) is 14.8. The minimum absolute atomic E-state index is 0.110.